The van der Waals surface area contributed by atoms with Gasteiger partial charge in [-0.15, -0.1) is 0 Å². The predicted molar refractivity (Wildman–Crippen MR) is 108 cm³/mol. The molecule has 3 rings (SSSR count). The number of rotatable bonds is 6. The van der Waals surface area contributed by atoms with Crippen LogP contribution in [0.25, 0.3) is 0 Å². The molecule has 0 spiro atoms. The van der Waals surface area contributed by atoms with Crippen LogP contribution in [0.5, 0.6) is 0 Å². The molecule has 2 aromatic rings. The summed E-state index contributed by atoms with van der Waals surface area (Å²) in [6, 6.07) is 7.51. The van der Waals surface area contributed by atoms with Crippen molar-refractivity contribution in [3.63, 3.8) is 0 Å². The number of hydrogen-bond acceptors (Lipinski definition) is 5. The normalized spacial score (nSPS) is 13.9. The Morgan fingerprint density at radius 3 is 2.43 bits per heavy atom. The number of nitrogens with one attached hydrogen (secondary N) is 2. The first-order chi connectivity index (χ1) is 14.1. The van der Waals surface area contributed by atoms with Crippen molar-refractivity contribution >= 4 is 28.7 Å². The molecule has 1 saturated heterocycles. The van der Waals surface area contributed by atoms with Gasteiger partial charge in [-0.2, -0.15) is 13.2 Å². The molecular formula is C20H21F3N4O3. The van der Waals surface area contributed by atoms with Gasteiger partial charge in [0.1, 0.15) is 0 Å². The van der Waals surface area contributed by atoms with E-state index in [1.807, 2.05) is 4.90 Å². The number of alkyl halides is 3. The zero-order valence-electron chi connectivity index (χ0n) is 16.3. The summed E-state index contributed by atoms with van der Waals surface area (Å²) in [6.07, 6.45) is -2.57. The number of aryl methyl sites for hydroxylation is 1. The lowest BCUT2D eigenvalue weighted by atomic mass is 10.1. The topological polar surface area (TPSA) is 87.5 Å². The third-order valence-electron chi connectivity index (χ3n) is 4.90. The molecular weight excluding hydrogens is 401 g/mol. The SMILES string of the molecule is Cc1cc([N+](=O)[O-])ccc1NC(=O)CNc1cc(C(F)(F)F)ccc1N1CCCC1. The van der Waals surface area contributed by atoms with E-state index in [-0.39, 0.29) is 17.9 Å². The number of anilines is 3. The Hall–Kier alpha value is -3.30. The molecule has 0 saturated carbocycles. The van der Waals surface area contributed by atoms with Crippen LogP contribution in [0.2, 0.25) is 0 Å². The van der Waals surface area contributed by atoms with Crippen molar-refractivity contribution in [3.8, 4) is 0 Å². The smallest absolute Gasteiger partial charge is 0.374 e. The minimum Gasteiger partial charge on any atom is -0.374 e. The first-order valence-electron chi connectivity index (χ1n) is 9.40. The van der Waals surface area contributed by atoms with Gasteiger partial charge in [0.15, 0.2) is 0 Å². The fourth-order valence-corrected chi connectivity index (χ4v) is 3.36. The molecule has 0 unspecified atom stereocenters. The fourth-order valence-electron chi connectivity index (χ4n) is 3.36. The highest BCUT2D eigenvalue weighted by molar-refractivity contribution is 5.95. The minimum atomic E-state index is -4.49. The van der Waals surface area contributed by atoms with E-state index in [0.29, 0.717) is 16.9 Å². The zero-order chi connectivity index (χ0) is 21.9. The molecule has 0 aromatic heterocycles. The Balaban J connectivity index is 1.73. The average Bonchev–Trinajstić information content (AvgIpc) is 3.21. The summed E-state index contributed by atoms with van der Waals surface area (Å²) in [4.78, 5) is 24.6. The van der Waals surface area contributed by atoms with Crippen LogP contribution in [0.3, 0.4) is 0 Å². The van der Waals surface area contributed by atoms with E-state index in [2.05, 4.69) is 10.6 Å². The third-order valence-corrected chi connectivity index (χ3v) is 4.90. The predicted octanol–water partition coefficient (Wildman–Crippen LogP) is 4.57. The van der Waals surface area contributed by atoms with Gasteiger partial charge in [-0.1, -0.05) is 0 Å². The van der Waals surface area contributed by atoms with Crippen molar-refractivity contribution in [1.29, 1.82) is 0 Å². The quantitative estimate of drug-likeness (QED) is 0.526. The van der Waals surface area contributed by atoms with Crippen LogP contribution in [0, 0.1) is 17.0 Å². The summed E-state index contributed by atoms with van der Waals surface area (Å²) in [5, 5.41) is 16.2. The molecule has 1 fully saturated rings. The van der Waals surface area contributed by atoms with Crippen molar-refractivity contribution in [1.82, 2.24) is 0 Å². The molecule has 2 N–H and O–H groups in total. The lowest BCUT2D eigenvalue weighted by Crippen LogP contribution is -2.25. The standard InChI is InChI=1S/C20H21F3N4O3/c1-13-10-15(27(29)30)5-6-16(13)25-19(28)12-24-17-11-14(20(21,22)23)4-7-18(17)26-8-2-3-9-26/h4-7,10-11,24H,2-3,8-9,12H2,1H3,(H,25,28). The molecule has 1 aliphatic rings. The maximum Gasteiger partial charge on any atom is 0.416 e. The van der Waals surface area contributed by atoms with Crippen molar-refractivity contribution in [2.45, 2.75) is 25.9 Å². The second kappa shape index (κ2) is 8.60. The molecule has 0 bridgehead atoms. The lowest BCUT2D eigenvalue weighted by molar-refractivity contribution is -0.384. The lowest BCUT2D eigenvalue weighted by Gasteiger charge is -2.23. The van der Waals surface area contributed by atoms with E-state index in [9.17, 15) is 28.1 Å². The number of carbonyl (C=O) groups is 1. The number of halogens is 3. The summed E-state index contributed by atoms with van der Waals surface area (Å²) in [5.74, 6) is -0.475. The zero-order valence-corrected chi connectivity index (χ0v) is 16.3. The molecule has 0 aliphatic carbocycles. The van der Waals surface area contributed by atoms with E-state index in [4.69, 9.17) is 0 Å². The highest BCUT2D eigenvalue weighted by Crippen LogP contribution is 2.36. The van der Waals surface area contributed by atoms with E-state index in [1.165, 1.54) is 24.3 Å². The van der Waals surface area contributed by atoms with Crippen molar-refractivity contribution < 1.29 is 22.9 Å². The van der Waals surface area contributed by atoms with Crippen LogP contribution in [0.1, 0.15) is 24.0 Å². The monoisotopic (exact) mass is 422 g/mol. The van der Waals surface area contributed by atoms with E-state index in [0.717, 1.165) is 38.1 Å². The number of benzene rings is 2. The van der Waals surface area contributed by atoms with E-state index < -0.39 is 22.6 Å². The molecule has 1 aliphatic heterocycles. The van der Waals surface area contributed by atoms with Gasteiger partial charge in [0, 0.05) is 30.9 Å². The summed E-state index contributed by atoms with van der Waals surface area (Å²) in [5.41, 5.74) is 0.884. The van der Waals surface area contributed by atoms with Crippen LogP contribution in [0.15, 0.2) is 36.4 Å². The van der Waals surface area contributed by atoms with Crippen LogP contribution in [-0.4, -0.2) is 30.5 Å². The largest absolute Gasteiger partial charge is 0.416 e. The fraction of sp³-hybridized carbons (Fsp3) is 0.350. The molecule has 1 heterocycles. The van der Waals surface area contributed by atoms with Gasteiger partial charge in [0.2, 0.25) is 5.91 Å². The number of non-ortho nitro benzene ring substituents is 1. The van der Waals surface area contributed by atoms with Gasteiger partial charge in [-0.25, -0.2) is 0 Å². The number of nitrogens with zero attached hydrogens (tertiary/aromatic N) is 2. The first kappa shape index (κ1) is 21.4. The highest BCUT2D eigenvalue weighted by atomic mass is 19.4. The maximum absolute atomic E-state index is 13.1. The van der Waals surface area contributed by atoms with Crippen molar-refractivity contribution in [2.24, 2.45) is 0 Å². The number of amides is 1. The summed E-state index contributed by atoms with van der Waals surface area (Å²) in [6.45, 7) is 2.86. The summed E-state index contributed by atoms with van der Waals surface area (Å²) >= 11 is 0. The molecule has 2 aromatic carbocycles. The summed E-state index contributed by atoms with van der Waals surface area (Å²) < 4.78 is 39.4. The molecule has 1 amide bonds. The number of carbonyl (C=O) groups excluding carboxylic acids is 1. The molecule has 10 heteroatoms. The third kappa shape index (κ3) is 5.00. The van der Waals surface area contributed by atoms with Gasteiger partial charge in [0.25, 0.3) is 5.69 Å². The highest BCUT2D eigenvalue weighted by Gasteiger charge is 2.31. The Kier molecular flexibility index (Phi) is 6.14. The Morgan fingerprint density at radius 1 is 1.13 bits per heavy atom. The van der Waals surface area contributed by atoms with Crippen molar-refractivity contribution in [2.75, 3.05) is 35.2 Å². The molecule has 7 nitrogen and oxygen atoms in total. The van der Waals surface area contributed by atoms with Crippen LogP contribution >= 0.6 is 0 Å². The minimum absolute atomic E-state index is 0.0946. The Morgan fingerprint density at radius 2 is 1.83 bits per heavy atom. The van der Waals surface area contributed by atoms with Gasteiger partial charge < -0.3 is 15.5 Å². The van der Waals surface area contributed by atoms with Crippen molar-refractivity contribution in [3.05, 3.63) is 57.6 Å². The second-order valence-electron chi connectivity index (χ2n) is 7.08. The van der Waals surface area contributed by atoms with Crippen LogP contribution in [0.4, 0.5) is 35.9 Å². The van der Waals surface area contributed by atoms with E-state index >= 15 is 0 Å². The summed E-state index contributed by atoms with van der Waals surface area (Å²) in [7, 11) is 0. The van der Waals surface area contributed by atoms with Crippen LogP contribution in [-0.2, 0) is 11.0 Å². The maximum atomic E-state index is 13.1. The Bertz CT molecular complexity index is 957. The molecule has 30 heavy (non-hydrogen) atoms. The molecule has 0 radical (unpaired) electrons. The number of nitro benzene ring substituents is 1. The van der Waals surface area contributed by atoms with Gasteiger partial charge in [-0.3, -0.25) is 14.9 Å². The van der Waals surface area contributed by atoms with Crippen LogP contribution < -0.4 is 15.5 Å². The van der Waals surface area contributed by atoms with E-state index in [1.54, 1.807) is 6.92 Å². The average molecular weight is 422 g/mol. The first-order valence-corrected chi connectivity index (χ1v) is 9.40. The number of hydrogen-bond donors (Lipinski definition) is 2. The molecule has 0 atom stereocenters. The second-order valence-corrected chi connectivity index (χ2v) is 7.08. The number of nitro groups is 1. The van der Waals surface area contributed by atoms with Gasteiger partial charge >= 0.3 is 6.18 Å². The van der Waals surface area contributed by atoms with Gasteiger partial charge in [0.05, 0.1) is 28.4 Å². The molecule has 160 valence electrons. The Labute approximate surface area is 171 Å². The van der Waals surface area contributed by atoms with Gasteiger partial charge in [-0.05, 0) is 49.6 Å².